The first-order valence-corrected chi connectivity index (χ1v) is 7.08. The summed E-state index contributed by atoms with van der Waals surface area (Å²) >= 11 is 1.64. The highest BCUT2D eigenvalue weighted by molar-refractivity contribution is 7.22. The Balaban J connectivity index is 1.77. The van der Waals surface area contributed by atoms with Gasteiger partial charge in [-0.2, -0.15) is 0 Å². The van der Waals surface area contributed by atoms with E-state index in [0.717, 1.165) is 40.5 Å². The summed E-state index contributed by atoms with van der Waals surface area (Å²) in [6.45, 7) is 3.03. The summed E-state index contributed by atoms with van der Waals surface area (Å²) in [5.41, 5.74) is 7.55. The molecule has 0 bridgehead atoms. The smallest absolute Gasteiger partial charge is 0.184 e. The monoisotopic (exact) mass is 263 g/mol. The molecule has 2 atom stereocenters. The van der Waals surface area contributed by atoms with Crippen molar-refractivity contribution in [2.45, 2.75) is 31.9 Å². The molecule has 4 nitrogen and oxygen atoms in total. The summed E-state index contributed by atoms with van der Waals surface area (Å²) in [7, 11) is 0. The van der Waals surface area contributed by atoms with Crippen LogP contribution >= 0.6 is 11.3 Å². The van der Waals surface area contributed by atoms with Crippen molar-refractivity contribution in [3.8, 4) is 0 Å². The van der Waals surface area contributed by atoms with Gasteiger partial charge in [0.15, 0.2) is 5.13 Å². The Labute approximate surface area is 110 Å². The van der Waals surface area contributed by atoms with Gasteiger partial charge in [0.05, 0.1) is 22.4 Å². The lowest BCUT2D eigenvalue weighted by atomic mass is 10.1. The van der Waals surface area contributed by atoms with Gasteiger partial charge in [0.1, 0.15) is 0 Å². The van der Waals surface area contributed by atoms with Gasteiger partial charge in [0.2, 0.25) is 0 Å². The SMILES string of the molecule is CC(Nc1nc2ccc(N)cc2s1)C1CCCO1. The van der Waals surface area contributed by atoms with Gasteiger partial charge in [0, 0.05) is 12.3 Å². The quantitative estimate of drug-likeness (QED) is 0.836. The van der Waals surface area contributed by atoms with E-state index in [1.165, 1.54) is 0 Å². The number of nitrogens with one attached hydrogen (secondary N) is 1. The molecular weight excluding hydrogens is 246 g/mol. The van der Waals surface area contributed by atoms with Crippen LogP contribution < -0.4 is 11.1 Å². The largest absolute Gasteiger partial charge is 0.399 e. The zero-order chi connectivity index (χ0) is 12.5. The first-order valence-electron chi connectivity index (χ1n) is 6.26. The zero-order valence-electron chi connectivity index (χ0n) is 10.3. The van der Waals surface area contributed by atoms with Gasteiger partial charge >= 0.3 is 0 Å². The predicted octanol–water partition coefficient (Wildman–Crippen LogP) is 2.86. The van der Waals surface area contributed by atoms with Gasteiger partial charge in [-0.15, -0.1) is 0 Å². The van der Waals surface area contributed by atoms with Crippen LogP contribution in [0.15, 0.2) is 18.2 Å². The Morgan fingerprint density at radius 3 is 3.22 bits per heavy atom. The zero-order valence-corrected chi connectivity index (χ0v) is 11.2. The Hall–Kier alpha value is -1.33. The Kier molecular flexibility index (Phi) is 3.09. The molecule has 1 aromatic carbocycles. The van der Waals surface area contributed by atoms with Gasteiger partial charge < -0.3 is 15.8 Å². The highest BCUT2D eigenvalue weighted by Gasteiger charge is 2.22. The molecule has 2 heterocycles. The molecule has 3 N–H and O–H groups in total. The molecule has 18 heavy (non-hydrogen) atoms. The number of ether oxygens (including phenoxy) is 1. The Bertz CT molecular complexity index is 548. The van der Waals surface area contributed by atoms with E-state index in [2.05, 4.69) is 17.2 Å². The molecule has 1 aliphatic rings. The number of nitrogens with two attached hydrogens (primary N) is 1. The molecule has 2 aromatic rings. The third-order valence-electron chi connectivity index (χ3n) is 3.29. The maximum atomic E-state index is 5.77. The molecule has 2 unspecified atom stereocenters. The van der Waals surface area contributed by atoms with Crippen molar-refractivity contribution >= 4 is 32.4 Å². The Morgan fingerprint density at radius 2 is 2.44 bits per heavy atom. The van der Waals surface area contributed by atoms with Crippen molar-refractivity contribution in [2.75, 3.05) is 17.7 Å². The molecule has 1 aliphatic heterocycles. The second-order valence-corrected chi connectivity index (χ2v) is 5.76. The molecule has 96 valence electrons. The van der Waals surface area contributed by atoms with E-state index in [-0.39, 0.29) is 0 Å². The molecular formula is C13H17N3OS. The first kappa shape index (κ1) is 11.7. The molecule has 0 aliphatic carbocycles. The maximum absolute atomic E-state index is 5.77. The van der Waals surface area contributed by atoms with Crippen LogP contribution in [-0.4, -0.2) is 23.7 Å². The minimum absolute atomic E-state index is 0.297. The number of rotatable bonds is 3. The first-order chi connectivity index (χ1) is 8.72. The predicted molar refractivity (Wildman–Crippen MR) is 76.1 cm³/mol. The van der Waals surface area contributed by atoms with Gasteiger partial charge in [-0.1, -0.05) is 11.3 Å². The molecule has 5 heteroatoms. The summed E-state index contributed by atoms with van der Waals surface area (Å²) in [4.78, 5) is 4.56. The lowest BCUT2D eigenvalue weighted by Crippen LogP contribution is -2.29. The van der Waals surface area contributed by atoms with Crippen molar-refractivity contribution in [3.05, 3.63) is 18.2 Å². The van der Waals surface area contributed by atoms with Crippen molar-refractivity contribution in [3.63, 3.8) is 0 Å². The van der Waals surface area contributed by atoms with Crippen LogP contribution in [0.4, 0.5) is 10.8 Å². The lowest BCUT2D eigenvalue weighted by Gasteiger charge is -2.19. The maximum Gasteiger partial charge on any atom is 0.184 e. The third-order valence-corrected chi connectivity index (χ3v) is 4.24. The average Bonchev–Trinajstić information content (AvgIpc) is 2.95. The number of hydrogen-bond donors (Lipinski definition) is 2. The van der Waals surface area contributed by atoms with Gasteiger partial charge in [-0.05, 0) is 38.0 Å². The molecule has 0 saturated carbocycles. The minimum atomic E-state index is 0.297. The van der Waals surface area contributed by atoms with Gasteiger partial charge in [-0.3, -0.25) is 0 Å². The lowest BCUT2D eigenvalue weighted by molar-refractivity contribution is 0.0996. The van der Waals surface area contributed by atoms with Crippen molar-refractivity contribution in [2.24, 2.45) is 0 Å². The molecule has 1 aromatic heterocycles. The minimum Gasteiger partial charge on any atom is -0.399 e. The van der Waals surface area contributed by atoms with E-state index in [9.17, 15) is 0 Å². The number of benzene rings is 1. The Morgan fingerprint density at radius 1 is 1.56 bits per heavy atom. The average molecular weight is 263 g/mol. The van der Waals surface area contributed by atoms with E-state index in [0.29, 0.717) is 12.1 Å². The highest BCUT2D eigenvalue weighted by atomic mass is 32.1. The van der Waals surface area contributed by atoms with Crippen molar-refractivity contribution < 1.29 is 4.74 Å². The van der Waals surface area contributed by atoms with E-state index in [1.807, 2.05) is 18.2 Å². The van der Waals surface area contributed by atoms with E-state index in [4.69, 9.17) is 10.5 Å². The van der Waals surface area contributed by atoms with Crippen LogP contribution in [0.5, 0.6) is 0 Å². The number of fused-ring (bicyclic) bond motifs is 1. The van der Waals surface area contributed by atoms with Crippen LogP contribution in [0.3, 0.4) is 0 Å². The fourth-order valence-corrected chi connectivity index (χ4v) is 3.30. The van der Waals surface area contributed by atoms with Crippen LogP contribution in [0, 0.1) is 0 Å². The third kappa shape index (κ3) is 2.28. The fourth-order valence-electron chi connectivity index (χ4n) is 2.29. The number of anilines is 2. The van der Waals surface area contributed by atoms with Crippen molar-refractivity contribution in [1.29, 1.82) is 0 Å². The standard InChI is InChI=1S/C13H17N3OS/c1-8(11-3-2-6-17-11)15-13-16-10-5-4-9(14)7-12(10)18-13/h4-5,7-8,11H,2-3,6,14H2,1H3,(H,15,16). The number of aromatic nitrogens is 1. The van der Waals surface area contributed by atoms with E-state index in [1.54, 1.807) is 11.3 Å². The van der Waals surface area contributed by atoms with Gasteiger partial charge in [-0.25, -0.2) is 4.98 Å². The number of nitrogen functional groups attached to an aromatic ring is 1. The summed E-state index contributed by atoms with van der Waals surface area (Å²) < 4.78 is 6.80. The normalized spacial score (nSPS) is 21.3. The number of nitrogens with zero attached hydrogens (tertiary/aromatic N) is 1. The second-order valence-electron chi connectivity index (χ2n) is 4.73. The summed E-state index contributed by atoms with van der Waals surface area (Å²) in [5, 5.41) is 4.38. The van der Waals surface area contributed by atoms with Crippen LogP contribution in [0.2, 0.25) is 0 Å². The van der Waals surface area contributed by atoms with E-state index < -0.39 is 0 Å². The second kappa shape index (κ2) is 4.74. The van der Waals surface area contributed by atoms with Crippen LogP contribution in [0.1, 0.15) is 19.8 Å². The van der Waals surface area contributed by atoms with Crippen LogP contribution in [-0.2, 0) is 4.74 Å². The highest BCUT2D eigenvalue weighted by Crippen LogP contribution is 2.29. The molecule has 0 spiro atoms. The number of thiazole rings is 1. The summed E-state index contributed by atoms with van der Waals surface area (Å²) in [6, 6.07) is 6.11. The topological polar surface area (TPSA) is 60.2 Å². The van der Waals surface area contributed by atoms with Crippen LogP contribution in [0.25, 0.3) is 10.2 Å². The summed E-state index contributed by atoms with van der Waals surface area (Å²) in [6.07, 6.45) is 2.60. The van der Waals surface area contributed by atoms with Crippen molar-refractivity contribution in [1.82, 2.24) is 4.98 Å². The van der Waals surface area contributed by atoms with E-state index >= 15 is 0 Å². The molecule has 0 radical (unpaired) electrons. The molecule has 1 saturated heterocycles. The molecule has 0 amide bonds. The molecule has 1 fully saturated rings. The molecule has 3 rings (SSSR count). The van der Waals surface area contributed by atoms with Gasteiger partial charge in [0.25, 0.3) is 0 Å². The summed E-state index contributed by atoms with van der Waals surface area (Å²) in [5.74, 6) is 0. The fraction of sp³-hybridized carbons (Fsp3) is 0.462. The number of hydrogen-bond acceptors (Lipinski definition) is 5.